The Balaban J connectivity index is 1.77. The van der Waals surface area contributed by atoms with E-state index < -0.39 is 22.7 Å². The largest absolute Gasteiger partial charge is 0.417 e. The normalized spacial score (nSPS) is 14.9. The van der Waals surface area contributed by atoms with Crippen LogP contribution < -0.4 is 11.1 Å². The molecule has 1 aromatic heterocycles. The van der Waals surface area contributed by atoms with Crippen molar-refractivity contribution in [2.45, 2.75) is 25.9 Å². The van der Waals surface area contributed by atoms with Crippen LogP contribution in [-0.2, 0) is 12.6 Å². The molecule has 1 aliphatic rings. The summed E-state index contributed by atoms with van der Waals surface area (Å²) >= 11 is 5.87. The number of amides is 1. The van der Waals surface area contributed by atoms with Crippen molar-refractivity contribution < 1.29 is 18.0 Å². The summed E-state index contributed by atoms with van der Waals surface area (Å²) in [5.74, 6) is -0.199. The van der Waals surface area contributed by atoms with E-state index in [1.54, 1.807) is 6.20 Å². The molecule has 2 aromatic rings. The van der Waals surface area contributed by atoms with Crippen LogP contribution >= 0.6 is 11.6 Å². The third-order valence-corrected chi connectivity index (χ3v) is 4.95. The summed E-state index contributed by atoms with van der Waals surface area (Å²) in [6, 6.07) is 5.09. The highest BCUT2D eigenvalue weighted by Gasteiger charge is 2.35. The number of alkyl halides is 3. The maximum atomic E-state index is 13.1. The van der Waals surface area contributed by atoms with Crippen LogP contribution in [0.15, 0.2) is 41.9 Å². The van der Waals surface area contributed by atoms with Crippen LogP contribution in [0.5, 0.6) is 0 Å². The van der Waals surface area contributed by atoms with Gasteiger partial charge in [0.25, 0.3) is 5.91 Å². The molecular weight excluding hydrogens is 407 g/mol. The van der Waals surface area contributed by atoms with Crippen LogP contribution in [0.25, 0.3) is 0 Å². The lowest BCUT2D eigenvalue weighted by molar-refractivity contribution is -0.137. The van der Waals surface area contributed by atoms with Crippen molar-refractivity contribution in [1.29, 1.82) is 0 Å². The first-order chi connectivity index (χ1) is 13.7. The summed E-state index contributed by atoms with van der Waals surface area (Å²) in [6.45, 7) is 2.30. The van der Waals surface area contributed by atoms with Crippen molar-refractivity contribution in [1.82, 2.24) is 14.9 Å². The predicted octanol–water partition coefficient (Wildman–Crippen LogP) is 3.84. The van der Waals surface area contributed by atoms with Gasteiger partial charge in [-0.15, -0.1) is 0 Å². The van der Waals surface area contributed by atoms with E-state index >= 15 is 0 Å². The van der Waals surface area contributed by atoms with Gasteiger partial charge in [0.05, 0.1) is 22.7 Å². The van der Waals surface area contributed by atoms with E-state index in [0.717, 1.165) is 24.2 Å². The molecule has 0 radical (unpaired) electrons. The summed E-state index contributed by atoms with van der Waals surface area (Å²) < 4.78 is 39.2. The summed E-state index contributed by atoms with van der Waals surface area (Å²) in [6.07, 6.45) is -1.86. The van der Waals surface area contributed by atoms with E-state index in [1.807, 2.05) is 13.0 Å². The molecule has 29 heavy (non-hydrogen) atoms. The van der Waals surface area contributed by atoms with Gasteiger partial charge in [-0.2, -0.15) is 13.2 Å². The molecule has 0 spiro atoms. The number of nitrogens with one attached hydrogen (secondary N) is 1. The first-order valence-corrected chi connectivity index (χ1v) is 9.30. The number of hydrogen-bond acceptors (Lipinski definition) is 5. The maximum Gasteiger partial charge on any atom is 0.417 e. The lowest BCUT2D eigenvalue weighted by Gasteiger charge is -2.30. The van der Waals surface area contributed by atoms with Gasteiger partial charge in [-0.1, -0.05) is 24.6 Å². The third kappa shape index (κ3) is 4.61. The van der Waals surface area contributed by atoms with Crippen LogP contribution in [0.2, 0.25) is 5.02 Å². The Labute approximate surface area is 170 Å². The SMILES string of the molecule is CCc1ccnc(NC2=C(N)CN(C(=O)c3cccc(C(F)(F)F)c3Cl)CC2)n1. The van der Waals surface area contributed by atoms with Crippen LogP contribution in [0, 0.1) is 0 Å². The van der Waals surface area contributed by atoms with Gasteiger partial charge in [-0.3, -0.25) is 4.79 Å². The van der Waals surface area contributed by atoms with Crippen LogP contribution in [0.4, 0.5) is 19.1 Å². The summed E-state index contributed by atoms with van der Waals surface area (Å²) in [4.78, 5) is 22.6. The topological polar surface area (TPSA) is 84.1 Å². The van der Waals surface area contributed by atoms with Gasteiger partial charge in [-0.05, 0) is 24.6 Å². The number of benzene rings is 1. The number of carbonyl (C=O) groups is 1. The minimum atomic E-state index is -4.64. The molecule has 0 aliphatic carbocycles. The number of anilines is 1. The Morgan fingerprint density at radius 3 is 2.76 bits per heavy atom. The third-order valence-electron chi connectivity index (χ3n) is 4.54. The van der Waals surface area contributed by atoms with E-state index in [2.05, 4.69) is 15.3 Å². The molecule has 6 nitrogen and oxygen atoms in total. The van der Waals surface area contributed by atoms with Gasteiger partial charge >= 0.3 is 6.18 Å². The second-order valence-corrected chi connectivity index (χ2v) is 6.87. The van der Waals surface area contributed by atoms with E-state index in [0.29, 0.717) is 23.8 Å². The Bertz CT molecular complexity index is 961. The smallest absolute Gasteiger partial charge is 0.399 e. The zero-order valence-corrected chi connectivity index (χ0v) is 16.3. The van der Waals surface area contributed by atoms with Crippen molar-refractivity contribution in [3.8, 4) is 0 Å². The Morgan fingerprint density at radius 1 is 1.34 bits per heavy atom. The Morgan fingerprint density at radius 2 is 2.10 bits per heavy atom. The van der Waals surface area contributed by atoms with Crippen LogP contribution in [0.1, 0.15) is 35.0 Å². The molecule has 0 saturated heterocycles. The van der Waals surface area contributed by atoms with Crippen LogP contribution in [0.3, 0.4) is 0 Å². The van der Waals surface area contributed by atoms with Gasteiger partial charge < -0.3 is 16.0 Å². The van der Waals surface area contributed by atoms with Gasteiger partial charge in [0.1, 0.15) is 0 Å². The van der Waals surface area contributed by atoms with Crippen molar-refractivity contribution in [3.63, 3.8) is 0 Å². The van der Waals surface area contributed by atoms with E-state index in [1.165, 1.54) is 11.0 Å². The van der Waals surface area contributed by atoms with E-state index in [-0.39, 0.29) is 18.7 Å². The molecule has 3 rings (SSSR count). The van der Waals surface area contributed by atoms with Crippen molar-refractivity contribution in [2.75, 3.05) is 18.4 Å². The molecule has 154 valence electrons. The predicted molar refractivity (Wildman–Crippen MR) is 103 cm³/mol. The second-order valence-electron chi connectivity index (χ2n) is 6.50. The molecule has 0 atom stereocenters. The molecule has 1 aromatic carbocycles. The molecule has 0 fully saturated rings. The minimum absolute atomic E-state index is 0.0568. The van der Waals surface area contributed by atoms with E-state index in [4.69, 9.17) is 17.3 Å². The number of halogens is 4. The van der Waals surface area contributed by atoms with Crippen molar-refractivity contribution in [3.05, 3.63) is 63.7 Å². The van der Waals surface area contributed by atoms with Gasteiger partial charge in [0.15, 0.2) is 0 Å². The molecule has 1 amide bonds. The number of carbonyl (C=O) groups excluding carboxylic acids is 1. The number of nitrogens with two attached hydrogens (primary N) is 1. The number of nitrogens with zero attached hydrogens (tertiary/aromatic N) is 3. The van der Waals surface area contributed by atoms with E-state index in [9.17, 15) is 18.0 Å². The summed E-state index contributed by atoms with van der Waals surface area (Å²) in [7, 11) is 0. The molecule has 0 saturated carbocycles. The highest BCUT2D eigenvalue weighted by atomic mass is 35.5. The highest BCUT2D eigenvalue weighted by Crippen LogP contribution is 2.36. The molecular formula is C19H19ClF3N5O. The molecule has 10 heteroatoms. The van der Waals surface area contributed by atoms with Gasteiger partial charge in [0.2, 0.25) is 5.95 Å². The fourth-order valence-corrected chi connectivity index (χ4v) is 3.29. The standard InChI is InChI=1S/C19H19ClF3N5O/c1-2-11-6-8-25-18(26-11)27-15-7-9-28(10-14(15)24)17(29)12-4-3-5-13(16(12)20)19(21,22)23/h3-6,8H,2,7,9-10,24H2,1H3,(H,25,26,27). The fourth-order valence-electron chi connectivity index (χ4n) is 2.98. The minimum Gasteiger partial charge on any atom is -0.399 e. The zero-order chi connectivity index (χ0) is 21.2. The highest BCUT2D eigenvalue weighted by molar-refractivity contribution is 6.34. The van der Waals surface area contributed by atoms with Crippen molar-refractivity contribution >= 4 is 23.5 Å². The number of aryl methyl sites for hydroxylation is 1. The lowest BCUT2D eigenvalue weighted by Crippen LogP contribution is -2.40. The average molecular weight is 426 g/mol. The number of hydrogen-bond donors (Lipinski definition) is 2. The number of rotatable bonds is 4. The van der Waals surface area contributed by atoms with Gasteiger partial charge in [-0.25, -0.2) is 9.97 Å². The zero-order valence-electron chi connectivity index (χ0n) is 15.6. The first-order valence-electron chi connectivity index (χ1n) is 8.92. The van der Waals surface area contributed by atoms with Gasteiger partial charge in [0, 0.05) is 36.3 Å². The Kier molecular flexibility index (Phi) is 5.97. The lowest BCUT2D eigenvalue weighted by atomic mass is 10.1. The molecule has 0 unspecified atom stereocenters. The van der Waals surface area contributed by atoms with Crippen LogP contribution in [-0.4, -0.2) is 33.9 Å². The first kappa shape index (κ1) is 20.9. The molecule has 2 heterocycles. The second kappa shape index (κ2) is 8.28. The summed E-state index contributed by atoms with van der Waals surface area (Å²) in [5, 5.41) is 2.45. The Hall–Kier alpha value is -2.81. The summed E-state index contributed by atoms with van der Waals surface area (Å²) in [5.41, 5.74) is 6.79. The molecule has 0 bridgehead atoms. The van der Waals surface area contributed by atoms with Crippen molar-refractivity contribution in [2.24, 2.45) is 5.73 Å². The molecule has 3 N–H and O–H groups in total. The quantitative estimate of drug-likeness (QED) is 0.777. The number of aromatic nitrogens is 2. The molecule has 1 aliphatic heterocycles. The maximum absolute atomic E-state index is 13.1. The average Bonchev–Trinajstić information content (AvgIpc) is 2.68. The monoisotopic (exact) mass is 425 g/mol. The fraction of sp³-hybridized carbons (Fsp3) is 0.316.